The van der Waals surface area contributed by atoms with Gasteiger partial charge in [-0.1, -0.05) is 11.6 Å². The summed E-state index contributed by atoms with van der Waals surface area (Å²) in [5, 5.41) is 26.1. The van der Waals surface area contributed by atoms with Crippen molar-refractivity contribution in [2.45, 2.75) is 6.54 Å². The van der Waals surface area contributed by atoms with Crippen LogP contribution >= 0.6 is 11.6 Å². The fourth-order valence-electron chi connectivity index (χ4n) is 0.868. The van der Waals surface area contributed by atoms with Gasteiger partial charge in [-0.2, -0.15) is 4.39 Å². The minimum absolute atomic E-state index is 0.0581. The van der Waals surface area contributed by atoms with E-state index in [9.17, 15) is 4.39 Å². The summed E-state index contributed by atoms with van der Waals surface area (Å²) in [4.78, 5) is 0. The largest absolute Gasteiger partial charge is 0.504 e. The monoisotopic (exact) mass is 207 g/mol. The standard InChI is InChI=1S/C7H7ClFNO3/c8-4-1-3(2-10-13)6(11)5(9)7(4)12/h1,10-13H,2H2. The average Bonchev–Trinajstić information content (AvgIpc) is 2.11. The Kier molecular flexibility index (Phi) is 2.92. The fourth-order valence-corrected chi connectivity index (χ4v) is 1.08. The molecule has 0 aromatic heterocycles. The number of aromatic hydroxyl groups is 2. The molecular weight excluding hydrogens is 201 g/mol. The zero-order chi connectivity index (χ0) is 10.0. The molecule has 0 saturated carbocycles. The number of nitrogens with one attached hydrogen (secondary N) is 1. The Morgan fingerprint density at radius 1 is 1.38 bits per heavy atom. The predicted octanol–water partition coefficient (Wildman–Crippen LogP) is 1.37. The summed E-state index contributed by atoms with van der Waals surface area (Å²) < 4.78 is 12.9. The van der Waals surface area contributed by atoms with Gasteiger partial charge in [-0.05, 0) is 6.07 Å². The molecular formula is C7H7ClFNO3. The van der Waals surface area contributed by atoms with Gasteiger partial charge in [-0.3, -0.25) is 0 Å². The van der Waals surface area contributed by atoms with Crippen LogP contribution in [0, 0.1) is 5.82 Å². The third kappa shape index (κ3) is 1.82. The second kappa shape index (κ2) is 3.78. The molecule has 0 atom stereocenters. The van der Waals surface area contributed by atoms with Crippen LogP contribution < -0.4 is 5.48 Å². The van der Waals surface area contributed by atoms with Crippen LogP contribution in [0.5, 0.6) is 11.5 Å². The van der Waals surface area contributed by atoms with Gasteiger partial charge in [-0.15, -0.1) is 0 Å². The smallest absolute Gasteiger partial charge is 0.208 e. The Morgan fingerprint density at radius 3 is 2.54 bits per heavy atom. The van der Waals surface area contributed by atoms with Crippen molar-refractivity contribution in [1.82, 2.24) is 5.48 Å². The molecule has 0 saturated heterocycles. The molecule has 0 heterocycles. The second-order valence-corrected chi connectivity index (χ2v) is 2.77. The van der Waals surface area contributed by atoms with Gasteiger partial charge in [0.15, 0.2) is 11.5 Å². The number of rotatable bonds is 2. The van der Waals surface area contributed by atoms with Crippen molar-refractivity contribution in [1.29, 1.82) is 0 Å². The van der Waals surface area contributed by atoms with Gasteiger partial charge in [-0.25, -0.2) is 5.48 Å². The van der Waals surface area contributed by atoms with Crippen molar-refractivity contribution in [2.75, 3.05) is 0 Å². The first-order valence-electron chi connectivity index (χ1n) is 3.33. The van der Waals surface area contributed by atoms with Crippen LogP contribution in [0.25, 0.3) is 0 Å². The highest BCUT2D eigenvalue weighted by Gasteiger charge is 2.15. The van der Waals surface area contributed by atoms with Crippen molar-refractivity contribution in [3.05, 3.63) is 22.5 Å². The minimum Gasteiger partial charge on any atom is -0.504 e. The number of hydroxylamine groups is 1. The molecule has 72 valence electrons. The summed E-state index contributed by atoms with van der Waals surface area (Å²) >= 11 is 5.42. The minimum atomic E-state index is -1.20. The van der Waals surface area contributed by atoms with Crippen LogP contribution in [0.15, 0.2) is 6.07 Å². The number of benzene rings is 1. The predicted molar refractivity (Wildman–Crippen MR) is 43.4 cm³/mol. The third-order valence-corrected chi connectivity index (χ3v) is 1.80. The SMILES string of the molecule is ONCc1cc(Cl)c(O)c(F)c1O. The summed E-state index contributed by atoms with van der Waals surface area (Å²) in [6.07, 6.45) is 0. The highest BCUT2D eigenvalue weighted by molar-refractivity contribution is 6.32. The van der Waals surface area contributed by atoms with Crippen LogP contribution in [0.1, 0.15) is 5.56 Å². The average molecular weight is 208 g/mol. The van der Waals surface area contributed by atoms with E-state index in [2.05, 4.69) is 0 Å². The maximum atomic E-state index is 12.9. The molecule has 4 N–H and O–H groups in total. The Bertz CT molecular complexity index is 332. The maximum Gasteiger partial charge on any atom is 0.208 e. The summed E-state index contributed by atoms with van der Waals surface area (Å²) in [7, 11) is 0. The van der Waals surface area contributed by atoms with Gasteiger partial charge < -0.3 is 15.4 Å². The lowest BCUT2D eigenvalue weighted by Crippen LogP contribution is -2.06. The zero-order valence-corrected chi connectivity index (χ0v) is 7.14. The molecule has 1 aromatic carbocycles. The molecule has 0 unspecified atom stereocenters. The molecule has 0 aliphatic heterocycles. The van der Waals surface area contributed by atoms with Gasteiger partial charge >= 0.3 is 0 Å². The molecule has 0 radical (unpaired) electrons. The number of hydrogen-bond acceptors (Lipinski definition) is 4. The lowest BCUT2D eigenvalue weighted by Gasteiger charge is -2.06. The maximum absolute atomic E-state index is 12.9. The Hall–Kier alpha value is -1.04. The van der Waals surface area contributed by atoms with Crippen LogP contribution in [0.4, 0.5) is 4.39 Å². The fraction of sp³-hybridized carbons (Fsp3) is 0.143. The first-order valence-corrected chi connectivity index (χ1v) is 3.71. The van der Waals surface area contributed by atoms with E-state index in [0.717, 1.165) is 6.07 Å². The van der Waals surface area contributed by atoms with Crippen LogP contribution in [0.3, 0.4) is 0 Å². The van der Waals surface area contributed by atoms with Crippen LogP contribution in [-0.2, 0) is 6.54 Å². The van der Waals surface area contributed by atoms with E-state index in [-0.39, 0.29) is 17.1 Å². The van der Waals surface area contributed by atoms with E-state index >= 15 is 0 Å². The van der Waals surface area contributed by atoms with E-state index in [1.807, 2.05) is 0 Å². The van der Waals surface area contributed by atoms with Crippen molar-refractivity contribution in [3.63, 3.8) is 0 Å². The second-order valence-electron chi connectivity index (χ2n) is 2.36. The van der Waals surface area contributed by atoms with Crippen molar-refractivity contribution < 1.29 is 19.8 Å². The lowest BCUT2D eigenvalue weighted by atomic mass is 10.2. The third-order valence-electron chi connectivity index (χ3n) is 1.52. The van der Waals surface area contributed by atoms with E-state index in [0.29, 0.717) is 0 Å². The van der Waals surface area contributed by atoms with Gasteiger partial charge in [0.1, 0.15) is 0 Å². The molecule has 0 amide bonds. The number of hydrogen-bond donors (Lipinski definition) is 4. The molecule has 0 fully saturated rings. The highest BCUT2D eigenvalue weighted by atomic mass is 35.5. The quantitative estimate of drug-likeness (QED) is 0.553. The van der Waals surface area contributed by atoms with Crippen molar-refractivity contribution in [2.24, 2.45) is 0 Å². The molecule has 0 spiro atoms. The van der Waals surface area contributed by atoms with Gasteiger partial charge in [0.2, 0.25) is 5.82 Å². The number of phenols is 2. The van der Waals surface area contributed by atoms with E-state index in [1.54, 1.807) is 5.48 Å². The Morgan fingerprint density at radius 2 is 2.00 bits per heavy atom. The molecule has 13 heavy (non-hydrogen) atoms. The van der Waals surface area contributed by atoms with E-state index in [1.165, 1.54) is 0 Å². The summed E-state index contributed by atoms with van der Waals surface area (Å²) in [5.74, 6) is -2.73. The summed E-state index contributed by atoms with van der Waals surface area (Å²) in [5.41, 5.74) is 1.79. The Balaban J connectivity index is 3.24. The first-order chi connectivity index (χ1) is 6.07. The van der Waals surface area contributed by atoms with Crippen LogP contribution in [0.2, 0.25) is 5.02 Å². The van der Waals surface area contributed by atoms with Crippen LogP contribution in [-0.4, -0.2) is 15.4 Å². The lowest BCUT2D eigenvalue weighted by molar-refractivity contribution is 0.160. The Labute approximate surface area is 78.2 Å². The zero-order valence-electron chi connectivity index (χ0n) is 6.38. The van der Waals surface area contributed by atoms with Crippen molar-refractivity contribution in [3.8, 4) is 11.5 Å². The number of phenolic OH excluding ortho intramolecular Hbond substituents is 2. The number of halogens is 2. The van der Waals surface area contributed by atoms with Gasteiger partial charge in [0.05, 0.1) is 5.02 Å². The van der Waals surface area contributed by atoms with E-state index in [4.69, 9.17) is 27.0 Å². The van der Waals surface area contributed by atoms with Gasteiger partial charge in [0, 0.05) is 12.1 Å². The molecule has 1 rings (SSSR count). The first kappa shape index (κ1) is 10.0. The molecule has 0 aliphatic rings. The molecule has 1 aromatic rings. The summed E-state index contributed by atoms with van der Waals surface area (Å²) in [6, 6.07) is 1.15. The van der Waals surface area contributed by atoms with Crippen molar-refractivity contribution >= 4 is 11.6 Å². The molecule has 0 bridgehead atoms. The highest BCUT2D eigenvalue weighted by Crippen LogP contribution is 2.35. The van der Waals surface area contributed by atoms with Gasteiger partial charge in [0.25, 0.3) is 0 Å². The van der Waals surface area contributed by atoms with E-state index < -0.39 is 17.3 Å². The normalized spacial score (nSPS) is 10.4. The molecule has 0 aliphatic carbocycles. The topological polar surface area (TPSA) is 72.7 Å². The molecule has 4 nitrogen and oxygen atoms in total. The molecule has 6 heteroatoms. The summed E-state index contributed by atoms with van der Waals surface area (Å²) in [6.45, 7) is -0.164.